The highest BCUT2D eigenvalue weighted by Crippen LogP contribution is 2.10. The zero-order valence-corrected chi connectivity index (χ0v) is 12.1. The molecular weight excluding hydrogens is 254 g/mol. The van der Waals surface area contributed by atoms with E-state index in [1.165, 1.54) is 12.8 Å². The summed E-state index contributed by atoms with van der Waals surface area (Å²) >= 11 is 0. The second-order valence-corrected chi connectivity index (χ2v) is 4.94. The molecule has 0 aliphatic carbocycles. The number of carbonyl (C=O) groups excluding carboxylic acids is 2. The maximum atomic E-state index is 11.8. The van der Waals surface area contributed by atoms with E-state index in [-0.39, 0.29) is 12.1 Å². The molecule has 0 spiro atoms. The molecule has 1 rings (SSSR count). The maximum Gasteiger partial charge on any atom is 0.319 e. The second-order valence-electron chi connectivity index (χ2n) is 4.94. The fraction of sp³-hybridized carbons (Fsp3) is 0.467. The Labute approximate surface area is 119 Å². The van der Waals surface area contributed by atoms with Crippen molar-refractivity contribution in [1.29, 1.82) is 0 Å². The van der Waals surface area contributed by atoms with Crippen LogP contribution in [0.3, 0.4) is 0 Å². The van der Waals surface area contributed by atoms with Crippen molar-refractivity contribution < 1.29 is 9.59 Å². The predicted octanol–water partition coefficient (Wildman–Crippen LogP) is 2.88. The van der Waals surface area contributed by atoms with Crippen LogP contribution in [-0.2, 0) is 0 Å². The Kier molecular flexibility index (Phi) is 6.56. The number of hydrogen-bond donors (Lipinski definition) is 3. The standard InChI is InChI=1S/C15H23N3O2/c1-3-4-5-7-11(2)17-15(20)18-13-9-6-8-12(10-13)14(16)19/h6,8-11H,3-5,7H2,1-2H3,(H2,16,19)(H2,17,18,20)/t11-/m0/s1. The van der Waals surface area contributed by atoms with Gasteiger partial charge in [-0.25, -0.2) is 4.79 Å². The van der Waals surface area contributed by atoms with Crippen LogP contribution in [0.4, 0.5) is 10.5 Å². The molecule has 20 heavy (non-hydrogen) atoms. The Morgan fingerprint density at radius 3 is 2.70 bits per heavy atom. The first-order valence-electron chi connectivity index (χ1n) is 7.00. The average molecular weight is 277 g/mol. The number of anilines is 1. The van der Waals surface area contributed by atoms with E-state index in [9.17, 15) is 9.59 Å². The molecule has 3 amide bonds. The lowest BCUT2D eigenvalue weighted by atomic mass is 10.1. The van der Waals surface area contributed by atoms with Gasteiger partial charge < -0.3 is 16.4 Å². The quantitative estimate of drug-likeness (QED) is 0.669. The highest BCUT2D eigenvalue weighted by atomic mass is 16.2. The number of nitrogens with two attached hydrogens (primary N) is 1. The van der Waals surface area contributed by atoms with Crippen LogP contribution in [0.1, 0.15) is 49.9 Å². The molecule has 0 saturated carbocycles. The van der Waals surface area contributed by atoms with Gasteiger partial charge in [0.25, 0.3) is 0 Å². The van der Waals surface area contributed by atoms with E-state index in [0.717, 1.165) is 12.8 Å². The van der Waals surface area contributed by atoms with Crippen molar-refractivity contribution in [3.63, 3.8) is 0 Å². The minimum Gasteiger partial charge on any atom is -0.366 e. The molecule has 5 heteroatoms. The molecule has 1 aromatic rings. The third kappa shape index (κ3) is 5.73. The first kappa shape index (κ1) is 16.0. The van der Waals surface area contributed by atoms with Gasteiger partial charge in [0, 0.05) is 17.3 Å². The molecule has 0 fully saturated rings. The number of hydrogen-bond acceptors (Lipinski definition) is 2. The fourth-order valence-corrected chi connectivity index (χ4v) is 1.91. The lowest BCUT2D eigenvalue weighted by molar-refractivity contribution is 0.100. The number of urea groups is 1. The van der Waals surface area contributed by atoms with Gasteiger partial charge in [-0.05, 0) is 31.5 Å². The van der Waals surface area contributed by atoms with Crippen molar-refractivity contribution >= 4 is 17.6 Å². The smallest absolute Gasteiger partial charge is 0.319 e. The van der Waals surface area contributed by atoms with Crippen molar-refractivity contribution in [3.05, 3.63) is 29.8 Å². The predicted molar refractivity (Wildman–Crippen MR) is 80.7 cm³/mol. The van der Waals surface area contributed by atoms with Crippen molar-refractivity contribution in [3.8, 4) is 0 Å². The van der Waals surface area contributed by atoms with Gasteiger partial charge in [0.05, 0.1) is 0 Å². The monoisotopic (exact) mass is 277 g/mol. The molecule has 0 radical (unpaired) electrons. The van der Waals surface area contributed by atoms with Crippen molar-refractivity contribution in [2.24, 2.45) is 5.73 Å². The van der Waals surface area contributed by atoms with E-state index in [0.29, 0.717) is 11.3 Å². The first-order valence-corrected chi connectivity index (χ1v) is 7.00. The van der Waals surface area contributed by atoms with Crippen molar-refractivity contribution in [1.82, 2.24) is 5.32 Å². The summed E-state index contributed by atoms with van der Waals surface area (Å²) in [7, 11) is 0. The van der Waals surface area contributed by atoms with Gasteiger partial charge in [0.15, 0.2) is 0 Å². The fourth-order valence-electron chi connectivity index (χ4n) is 1.91. The Morgan fingerprint density at radius 2 is 2.05 bits per heavy atom. The number of nitrogens with one attached hydrogen (secondary N) is 2. The van der Waals surface area contributed by atoms with E-state index in [1.54, 1.807) is 24.3 Å². The molecule has 0 saturated heterocycles. The minimum absolute atomic E-state index is 0.126. The minimum atomic E-state index is -0.512. The molecule has 0 unspecified atom stereocenters. The van der Waals surface area contributed by atoms with Crippen LogP contribution in [0.5, 0.6) is 0 Å². The summed E-state index contributed by atoms with van der Waals surface area (Å²) in [5.41, 5.74) is 6.12. The van der Waals surface area contributed by atoms with Gasteiger partial charge in [0.2, 0.25) is 5.91 Å². The molecule has 0 aliphatic heterocycles. The van der Waals surface area contributed by atoms with E-state index >= 15 is 0 Å². The third-order valence-corrected chi connectivity index (χ3v) is 3.02. The molecule has 0 aromatic heterocycles. The zero-order valence-electron chi connectivity index (χ0n) is 12.1. The van der Waals surface area contributed by atoms with Crippen molar-refractivity contribution in [2.75, 3.05) is 5.32 Å². The van der Waals surface area contributed by atoms with Gasteiger partial charge in [-0.2, -0.15) is 0 Å². The molecule has 5 nitrogen and oxygen atoms in total. The molecule has 1 aromatic carbocycles. The van der Waals surface area contributed by atoms with E-state index in [4.69, 9.17) is 5.73 Å². The molecule has 110 valence electrons. The van der Waals surface area contributed by atoms with E-state index in [2.05, 4.69) is 17.6 Å². The maximum absolute atomic E-state index is 11.8. The topological polar surface area (TPSA) is 84.2 Å². The molecule has 4 N–H and O–H groups in total. The highest BCUT2D eigenvalue weighted by molar-refractivity contribution is 5.95. The van der Waals surface area contributed by atoms with Crippen LogP contribution in [0.15, 0.2) is 24.3 Å². The van der Waals surface area contributed by atoms with Crippen LogP contribution < -0.4 is 16.4 Å². The molecule has 0 bridgehead atoms. The second kappa shape index (κ2) is 8.19. The number of primary amides is 1. The van der Waals surface area contributed by atoms with Gasteiger partial charge in [-0.3, -0.25) is 4.79 Å². The van der Waals surface area contributed by atoms with Crippen LogP contribution in [0.2, 0.25) is 0 Å². The summed E-state index contributed by atoms with van der Waals surface area (Å²) in [4.78, 5) is 22.9. The van der Waals surface area contributed by atoms with E-state index in [1.807, 2.05) is 6.92 Å². The highest BCUT2D eigenvalue weighted by Gasteiger charge is 2.08. The number of carbonyl (C=O) groups is 2. The summed E-state index contributed by atoms with van der Waals surface area (Å²) in [5, 5.41) is 5.57. The molecule has 0 heterocycles. The normalized spacial score (nSPS) is 11.7. The first-order chi connectivity index (χ1) is 9.52. The number of benzene rings is 1. The van der Waals surface area contributed by atoms with E-state index < -0.39 is 5.91 Å². The number of rotatable bonds is 7. The van der Waals surface area contributed by atoms with Gasteiger partial charge in [-0.15, -0.1) is 0 Å². The molecule has 0 aliphatic rings. The molecule has 1 atom stereocenters. The Balaban J connectivity index is 2.45. The molecular formula is C15H23N3O2. The number of unbranched alkanes of at least 4 members (excludes halogenated alkanes) is 2. The van der Waals surface area contributed by atoms with Crippen molar-refractivity contribution in [2.45, 2.75) is 45.6 Å². The zero-order chi connectivity index (χ0) is 15.0. The summed E-state index contributed by atoms with van der Waals surface area (Å²) in [5.74, 6) is -0.512. The van der Waals surface area contributed by atoms with Crippen LogP contribution >= 0.6 is 0 Å². The average Bonchev–Trinajstić information content (AvgIpc) is 2.39. The summed E-state index contributed by atoms with van der Waals surface area (Å²) in [6.45, 7) is 4.13. The third-order valence-electron chi connectivity index (χ3n) is 3.02. The van der Waals surface area contributed by atoms with Gasteiger partial charge >= 0.3 is 6.03 Å². The van der Waals surface area contributed by atoms with Crippen LogP contribution in [0.25, 0.3) is 0 Å². The summed E-state index contributed by atoms with van der Waals surface area (Å²) in [6.07, 6.45) is 4.41. The Hall–Kier alpha value is -2.04. The Morgan fingerprint density at radius 1 is 1.30 bits per heavy atom. The number of amides is 3. The lowest BCUT2D eigenvalue weighted by Crippen LogP contribution is -2.36. The van der Waals surface area contributed by atoms with Crippen LogP contribution in [0, 0.1) is 0 Å². The summed E-state index contributed by atoms with van der Waals surface area (Å²) in [6, 6.07) is 6.42. The largest absolute Gasteiger partial charge is 0.366 e. The summed E-state index contributed by atoms with van der Waals surface area (Å²) < 4.78 is 0. The SMILES string of the molecule is CCCCC[C@H](C)NC(=O)Nc1cccc(C(N)=O)c1. The Bertz CT molecular complexity index is 460. The lowest BCUT2D eigenvalue weighted by Gasteiger charge is -2.14. The van der Waals surface area contributed by atoms with Crippen LogP contribution in [-0.4, -0.2) is 18.0 Å². The van der Waals surface area contributed by atoms with Gasteiger partial charge in [0.1, 0.15) is 0 Å². The van der Waals surface area contributed by atoms with Gasteiger partial charge in [-0.1, -0.05) is 32.3 Å².